The third-order valence-electron chi connectivity index (χ3n) is 3.19. The minimum atomic E-state index is -0.219. The van der Waals surface area contributed by atoms with Gasteiger partial charge in [-0.2, -0.15) is 0 Å². The Morgan fingerprint density at radius 3 is 2.50 bits per heavy atom. The summed E-state index contributed by atoms with van der Waals surface area (Å²) in [7, 11) is 0. The standard InChI is InChI=1S/C15H20N4O/c1-10(2)13-14(16)17-9-18-15(13)19-12(8-20)11-6-4-3-5-7-11/h3-7,9-10,12,20H,8H2,1-2H3,(H3,16,17,18,19). The lowest BCUT2D eigenvalue weighted by atomic mass is 10.0. The van der Waals surface area contributed by atoms with Crippen molar-refractivity contribution in [3.05, 3.63) is 47.8 Å². The van der Waals surface area contributed by atoms with Gasteiger partial charge in [0, 0.05) is 5.56 Å². The van der Waals surface area contributed by atoms with Crippen LogP contribution < -0.4 is 11.1 Å². The topological polar surface area (TPSA) is 84.1 Å². The van der Waals surface area contributed by atoms with E-state index < -0.39 is 0 Å². The monoisotopic (exact) mass is 272 g/mol. The number of nitrogens with two attached hydrogens (primary N) is 1. The molecular formula is C15H20N4O. The number of rotatable bonds is 5. The van der Waals surface area contributed by atoms with Gasteiger partial charge < -0.3 is 16.2 Å². The molecule has 0 aliphatic carbocycles. The van der Waals surface area contributed by atoms with Crippen molar-refractivity contribution in [3.8, 4) is 0 Å². The van der Waals surface area contributed by atoms with E-state index in [0.717, 1.165) is 11.1 Å². The van der Waals surface area contributed by atoms with Gasteiger partial charge >= 0.3 is 0 Å². The molecule has 5 nitrogen and oxygen atoms in total. The highest BCUT2D eigenvalue weighted by atomic mass is 16.3. The van der Waals surface area contributed by atoms with Crippen LogP contribution in [0.1, 0.15) is 36.9 Å². The van der Waals surface area contributed by atoms with Gasteiger partial charge in [-0.05, 0) is 11.5 Å². The second-order valence-electron chi connectivity index (χ2n) is 4.97. The van der Waals surface area contributed by atoms with Crippen molar-refractivity contribution in [2.45, 2.75) is 25.8 Å². The van der Waals surface area contributed by atoms with Gasteiger partial charge in [-0.3, -0.25) is 0 Å². The van der Waals surface area contributed by atoms with Gasteiger partial charge in [0.05, 0.1) is 12.6 Å². The molecule has 2 rings (SSSR count). The molecule has 1 unspecified atom stereocenters. The van der Waals surface area contributed by atoms with Crippen LogP contribution in [0.5, 0.6) is 0 Å². The zero-order valence-corrected chi connectivity index (χ0v) is 11.7. The van der Waals surface area contributed by atoms with Gasteiger partial charge in [0.2, 0.25) is 0 Å². The number of anilines is 2. The van der Waals surface area contributed by atoms with E-state index in [2.05, 4.69) is 15.3 Å². The first-order valence-electron chi connectivity index (χ1n) is 6.66. The molecular weight excluding hydrogens is 252 g/mol. The Balaban J connectivity index is 2.31. The molecule has 4 N–H and O–H groups in total. The molecule has 0 aliphatic rings. The zero-order valence-electron chi connectivity index (χ0n) is 11.7. The van der Waals surface area contributed by atoms with Gasteiger partial charge in [-0.1, -0.05) is 44.2 Å². The lowest BCUT2D eigenvalue weighted by Crippen LogP contribution is -2.18. The van der Waals surface area contributed by atoms with Gasteiger partial charge in [-0.25, -0.2) is 9.97 Å². The van der Waals surface area contributed by atoms with E-state index in [1.54, 1.807) is 0 Å². The maximum atomic E-state index is 9.60. The van der Waals surface area contributed by atoms with Crippen LogP contribution in [0, 0.1) is 0 Å². The highest BCUT2D eigenvalue weighted by Gasteiger charge is 2.17. The summed E-state index contributed by atoms with van der Waals surface area (Å²) < 4.78 is 0. The van der Waals surface area contributed by atoms with Crippen LogP contribution in [-0.4, -0.2) is 21.7 Å². The Kier molecular flexibility index (Phi) is 4.53. The van der Waals surface area contributed by atoms with E-state index in [1.165, 1.54) is 6.33 Å². The maximum absolute atomic E-state index is 9.60. The van der Waals surface area contributed by atoms with E-state index in [9.17, 15) is 5.11 Å². The highest BCUT2D eigenvalue weighted by molar-refractivity contribution is 5.57. The first-order chi connectivity index (χ1) is 9.63. The number of nitrogens with zero attached hydrogens (tertiary/aromatic N) is 2. The molecule has 0 spiro atoms. The van der Waals surface area contributed by atoms with Crippen LogP contribution >= 0.6 is 0 Å². The number of aliphatic hydroxyl groups is 1. The van der Waals surface area contributed by atoms with Crippen LogP contribution in [0.15, 0.2) is 36.7 Å². The minimum Gasteiger partial charge on any atom is -0.394 e. The molecule has 0 aliphatic heterocycles. The lowest BCUT2D eigenvalue weighted by Gasteiger charge is -2.21. The third-order valence-corrected chi connectivity index (χ3v) is 3.19. The predicted octanol–water partition coefficient (Wildman–Crippen LogP) is 2.33. The lowest BCUT2D eigenvalue weighted by molar-refractivity contribution is 0.276. The summed E-state index contributed by atoms with van der Waals surface area (Å²) in [6, 6.07) is 9.54. The van der Waals surface area contributed by atoms with E-state index in [0.29, 0.717) is 11.6 Å². The molecule has 0 saturated carbocycles. The molecule has 1 aromatic carbocycles. The van der Waals surface area contributed by atoms with Crippen molar-refractivity contribution in [1.29, 1.82) is 0 Å². The number of nitrogen functional groups attached to an aromatic ring is 1. The second kappa shape index (κ2) is 6.34. The molecule has 0 fully saturated rings. The first-order valence-corrected chi connectivity index (χ1v) is 6.66. The number of aliphatic hydroxyl groups excluding tert-OH is 1. The number of hydrogen-bond acceptors (Lipinski definition) is 5. The summed E-state index contributed by atoms with van der Waals surface area (Å²) in [5, 5.41) is 12.9. The van der Waals surface area contributed by atoms with Crippen LogP contribution in [0.2, 0.25) is 0 Å². The Hall–Kier alpha value is -2.14. The number of hydrogen-bond donors (Lipinski definition) is 3. The Morgan fingerprint density at radius 2 is 1.90 bits per heavy atom. The quantitative estimate of drug-likeness (QED) is 0.778. The number of benzene rings is 1. The molecule has 20 heavy (non-hydrogen) atoms. The van der Waals surface area contributed by atoms with Crippen molar-refractivity contribution < 1.29 is 5.11 Å². The third kappa shape index (κ3) is 3.05. The van der Waals surface area contributed by atoms with Gasteiger partial charge in [0.25, 0.3) is 0 Å². The zero-order chi connectivity index (χ0) is 14.5. The van der Waals surface area contributed by atoms with E-state index >= 15 is 0 Å². The van der Waals surface area contributed by atoms with Gasteiger partial charge in [-0.15, -0.1) is 0 Å². The smallest absolute Gasteiger partial charge is 0.135 e. The molecule has 0 radical (unpaired) electrons. The molecule has 0 saturated heterocycles. The largest absolute Gasteiger partial charge is 0.394 e. The minimum absolute atomic E-state index is 0.0224. The normalized spacial score (nSPS) is 12.4. The summed E-state index contributed by atoms with van der Waals surface area (Å²) in [5.41, 5.74) is 7.80. The SMILES string of the molecule is CC(C)c1c(N)ncnc1NC(CO)c1ccccc1. The molecule has 2 aromatic rings. The summed E-state index contributed by atoms with van der Waals surface area (Å²) in [5.74, 6) is 1.35. The van der Waals surface area contributed by atoms with Crippen LogP contribution in [0.3, 0.4) is 0 Å². The fraction of sp³-hybridized carbons (Fsp3) is 0.333. The summed E-state index contributed by atoms with van der Waals surface area (Å²) >= 11 is 0. The van der Waals surface area contributed by atoms with E-state index in [1.807, 2.05) is 44.2 Å². The first kappa shape index (κ1) is 14.3. The highest BCUT2D eigenvalue weighted by Crippen LogP contribution is 2.28. The average Bonchev–Trinajstić information content (AvgIpc) is 2.45. The Morgan fingerprint density at radius 1 is 1.20 bits per heavy atom. The molecule has 0 amide bonds. The van der Waals surface area contributed by atoms with Gasteiger partial charge in [0.15, 0.2) is 0 Å². The van der Waals surface area contributed by atoms with Crippen molar-refractivity contribution in [3.63, 3.8) is 0 Å². The van der Waals surface area contributed by atoms with E-state index in [-0.39, 0.29) is 18.6 Å². The summed E-state index contributed by atoms with van der Waals surface area (Å²) in [6.07, 6.45) is 1.43. The molecule has 106 valence electrons. The molecule has 1 aromatic heterocycles. The second-order valence-corrected chi connectivity index (χ2v) is 4.97. The van der Waals surface area contributed by atoms with E-state index in [4.69, 9.17) is 5.73 Å². The van der Waals surface area contributed by atoms with Gasteiger partial charge in [0.1, 0.15) is 18.0 Å². The number of aromatic nitrogens is 2. The Bertz CT molecular complexity index is 557. The molecule has 0 bridgehead atoms. The van der Waals surface area contributed by atoms with Crippen molar-refractivity contribution in [2.75, 3.05) is 17.7 Å². The fourth-order valence-corrected chi connectivity index (χ4v) is 2.18. The van der Waals surface area contributed by atoms with Crippen molar-refractivity contribution in [2.24, 2.45) is 0 Å². The molecule has 1 atom stereocenters. The Labute approximate surface area is 118 Å². The number of nitrogens with one attached hydrogen (secondary N) is 1. The van der Waals surface area contributed by atoms with Crippen LogP contribution in [0.25, 0.3) is 0 Å². The average molecular weight is 272 g/mol. The van der Waals surface area contributed by atoms with Crippen LogP contribution in [-0.2, 0) is 0 Å². The van der Waals surface area contributed by atoms with Crippen LogP contribution in [0.4, 0.5) is 11.6 Å². The predicted molar refractivity (Wildman–Crippen MR) is 80.4 cm³/mol. The maximum Gasteiger partial charge on any atom is 0.135 e. The fourth-order valence-electron chi connectivity index (χ4n) is 2.18. The molecule has 5 heteroatoms. The van der Waals surface area contributed by atoms with Crippen molar-refractivity contribution in [1.82, 2.24) is 9.97 Å². The molecule has 1 heterocycles. The summed E-state index contributed by atoms with van der Waals surface area (Å²) in [6.45, 7) is 4.05. The van der Waals surface area contributed by atoms with Crippen molar-refractivity contribution >= 4 is 11.6 Å². The summed E-state index contributed by atoms with van der Waals surface area (Å²) in [4.78, 5) is 8.29.